The molecule has 0 atom stereocenters. The summed E-state index contributed by atoms with van der Waals surface area (Å²) in [5.74, 6) is -1.84. The van der Waals surface area contributed by atoms with E-state index in [-0.39, 0.29) is 34.9 Å². The van der Waals surface area contributed by atoms with E-state index in [2.05, 4.69) is 5.10 Å². The molecule has 1 aromatic heterocycles. The minimum Gasteiger partial charge on any atom is -0.340 e. The smallest absolute Gasteiger partial charge is 0.244 e. The molecule has 34 heavy (non-hydrogen) atoms. The number of hydrogen-bond donors (Lipinski definition) is 0. The number of rotatable bonds is 7. The molecule has 176 valence electrons. The van der Waals surface area contributed by atoms with Crippen LogP contribution in [0.15, 0.2) is 71.8 Å². The van der Waals surface area contributed by atoms with Crippen molar-refractivity contribution in [3.05, 3.63) is 94.5 Å². The maximum Gasteiger partial charge on any atom is 0.244 e. The largest absolute Gasteiger partial charge is 0.340 e. The molecule has 0 saturated heterocycles. The van der Waals surface area contributed by atoms with Crippen molar-refractivity contribution in [2.24, 2.45) is 0 Å². The second-order valence-corrected chi connectivity index (χ2v) is 10.2. The van der Waals surface area contributed by atoms with E-state index in [1.165, 1.54) is 39.9 Å². The van der Waals surface area contributed by atoms with Gasteiger partial charge in [0.2, 0.25) is 15.7 Å². The average Bonchev–Trinajstić information content (AvgIpc) is 3.13. The zero-order chi connectivity index (χ0) is 24.5. The van der Waals surface area contributed by atoms with Gasteiger partial charge in [-0.2, -0.15) is 5.10 Å². The summed E-state index contributed by atoms with van der Waals surface area (Å²) in [6, 6.07) is 15.8. The van der Waals surface area contributed by atoms with Crippen LogP contribution in [0.5, 0.6) is 0 Å². The van der Waals surface area contributed by atoms with Crippen LogP contribution < -0.4 is 0 Å². The van der Waals surface area contributed by atoms with Crippen LogP contribution in [0.2, 0.25) is 5.02 Å². The zero-order valence-electron chi connectivity index (χ0n) is 18.1. The van der Waals surface area contributed by atoms with E-state index in [4.69, 9.17) is 11.6 Å². The molecule has 3 aromatic carbocycles. The molecular weight excluding hydrogens is 484 g/mol. The quantitative estimate of drug-likeness (QED) is 0.369. The van der Waals surface area contributed by atoms with Gasteiger partial charge in [-0.15, -0.1) is 0 Å². The number of halogens is 3. The number of fused-ring (bicyclic) bond motifs is 1. The van der Waals surface area contributed by atoms with Crippen LogP contribution in [0.3, 0.4) is 0 Å². The van der Waals surface area contributed by atoms with Gasteiger partial charge in [-0.3, -0.25) is 9.48 Å². The Bertz CT molecular complexity index is 1470. The topological polar surface area (TPSA) is 72.3 Å². The summed E-state index contributed by atoms with van der Waals surface area (Å²) in [4.78, 5) is 14.3. The van der Waals surface area contributed by atoms with Crippen molar-refractivity contribution in [3.8, 4) is 0 Å². The minimum absolute atomic E-state index is 0.183. The summed E-state index contributed by atoms with van der Waals surface area (Å²) in [5.41, 5.74) is 1.38. The molecule has 0 bridgehead atoms. The van der Waals surface area contributed by atoms with Crippen molar-refractivity contribution in [1.82, 2.24) is 14.7 Å². The molecule has 0 fully saturated rings. The molecule has 6 nitrogen and oxygen atoms in total. The lowest BCUT2D eigenvalue weighted by atomic mass is 10.2. The minimum atomic E-state index is -3.97. The van der Waals surface area contributed by atoms with Crippen molar-refractivity contribution in [1.29, 1.82) is 0 Å². The predicted octanol–water partition coefficient (Wildman–Crippen LogP) is 4.60. The fraction of sp³-hybridized carbons (Fsp3) is 0.167. The second-order valence-electron chi connectivity index (χ2n) is 7.89. The van der Waals surface area contributed by atoms with Crippen molar-refractivity contribution in [2.45, 2.75) is 23.9 Å². The van der Waals surface area contributed by atoms with Crippen LogP contribution >= 0.6 is 11.6 Å². The molecule has 0 N–H and O–H groups in total. The van der Waals surface area contributed by atoms with E-state index in [0.29, 0.717) is 10.6 Å². The van der Waals surface area contributed by atoms with Crippen LogP contribution in [-0.2, 0) is 33.5 Å². The molecule has 4 aromatic rings. The molecule has 0 aliphatic rings. The van der Waals surface area contributed by atoms with E-state index in [1.807, 2.05) is 6.07 Å². The Labute approximate surface area is 200 Å². The Hall–Kier alpha value is -3.30. The highest BCUT2D eigenvalue weighted by molar-refractivity contribution is 7.90. The third-order valence-corrected chi connectivity index (χ3v) is 7.10. The van der Waals surface area contributed by atoms with Crippen LogP contribution in [0, 0.1) is 11.6 Å². The molecule has 4 rings (SSSR count). The molecule has 10 heteroatoms. The first kappa shape index (κ1) is 23.8. The lowest BCUT2D eigenvalue weighted by Gasteiger charge is -2.17. The molecule has 0 radical (unpaired) electrons. The number of amides is 1. The standard InChI is InChI=1S/C24H20ClF2N3O3S/c1-29(13-17-3-2-4-18(25)11-17)23(31)14-30-22-12-20(27)9-10-21(22)24(28-30)34(32,33)15-16-5-7-19(26)8-6-16/h2-12H,13-15H2,1H3. The van der Waals surface area contributed by atoms with E-state index in [1.54, 1.807) is 25.2 Å². The van der Waals surface area contributed by atoms with Crippen molar-refractivity contribution in [2.75, 3.05) is 7.05 Å². The van der Waals surface area contributed by atoms with Gasteiger partial charge in [-0.05, 0) is 53.6 Å². The molecule has 1 heterocycles. The number of benzene rings is 3. The van der Waals surface area contributed by atoms with Gasteiger partial charge in [-0.25, -0.2) is 17.2 Å². The number of aromatic nitrogens is 2. The molecule has 0 spiro atoms. The number of likely N-dealkylation sites (N-methyl/N-ethyl adjacent to an activating group) is 1. The summed E-state index contributed by atoms with van der Waals surface area (Å²) < 4.78 is 54.6. The number of hydrogen-bond acceptors (Lipinski definition) is 4. The predicted molar refractivity (Wildman–Crippen MR) is 125 cm³/mol. The number of carbonyl (C=O) groups excluding carboxylic acids is 1. The van der Waals surface area contributed by atoms with Gasteiger partial charge >= 0.3 is 0 Å². The van der Waals surface area contributed by atoms with Gasteiger partial charge in [-0.1, -0.05) is 35.9 Å². The highest BCUT2D eigenvalue weighted by Gasteiger charge is 2.25. The number of nitrogens with zero attached hydrogens (tertiary/aromatic N) is 3. The van der Waals surface area contributed by atoms with Gasteiger partial charge in [0, 0.05) is 24.0 Å². The third kappa shape index (κ3) is 5.26. The first-order valence-electron chi connectivity index (χ1n) is 10.2. The van der Waals surface area contributed by atoms with E-state index < -0.39 is 27.2 Å². The summed E-state index contributed by atoms with van der Waals surface area (Å²) in [6.07, 6.45) is 0. The number of carbonyl (C=O) groups is 1. The van der Waals surface area contributed by atoms with E-state index in [9.17, 15) is 22.0 Å². The Morgan fingerprint density at radius 2 is 1.71 bits per heavy atom. The molecule has 0 aliphatic heterocycles. The monoisotopic (exact) mass is 503 g/mol. The highest BCUT2D eigenvalue weighted by atomic mass is 35.5. The van der Waals surface area contributed by atoms with Gasteiger partial charge in [0.15, 0.2) is 5.03 Å². The summed E-state index contributed by atoms with van der Waals surface area (Å²) >= 11 is 6.00. The van der Waals surface area contributed by atoms with Crippen LogP contribution in [0.4, 0.5) is 8.78 Å². The average molecular weight is 504 g/mol. The van der Waals surface area contributed by atoms with Gasteiger partial charge < -0.3 is 4.90 Å². The third-order valence-electron chi connectivity index (χ3n) is 5.26. The van der Waals surface area contributed by atoms with Gasteiger partial charge in [0.25, 0.3) is 0 Å². The fourth-order valence-electron chi connectivity index (χ4n) is 3.58. The molecule has 0 aliphatic carbocycles. The van der Waals surface area contributed by atoms with Crippen molar-refractivity contribution in [3.63, 3.8) is 0 Å². The second kappa shape index (κ2) is 9.52. The van der Waals surface area contributed by atoms with Crippen LogP contribution in [0.25, 0.3) is 10.9 Å². The van der Waals surface area contributed by atoms with Gasteiger partial charge in [0.1, 0.15) is 18.2 Å². The molecule has 0 unspecified atom stereocenters. The molecular formula is C24H20ClF2N3O3S. The lowest BCUT2D eigenvalue weighted by Crippen LogP contribution is -2.30. The highest BCUT2D eigenvalue weighted by Crippen LogP contribution is 2.26. The first-order valence-corrected chi connectivity index (χ1v) is 12.3. The molecule has 1 amide bonds. The van der Waals surface area contributed by atoms with Crippen molar-refractivity contribution >= 4 is 38.2 Å². The lowest BCUT2D eigenvalue weighted by molar-refractivity contribution is -0.131. The summed E-state index contributed by atoms with van der Waals surface area (Å²) in [7, 11) is -2.37. The van der Waals surface area contributed by atoms with E-state index in [0.717, 1.165) is 17.7 Å². The Morgan fingerprint density at radius 3 is 2.41 bits per heavy atom. The SMILES string of the molecule is CN(Cc1cccc(Cl)c1)C(=O)Cn1nc(S(=O)(=O)Cc2ccc(F)cc2)c2ccc(F)cc21. The Balaban J connectivity index is 1.63. The van der Waals surface area contributed by atoms with Crippen LogP contribution in [-0.4, -0.2) is 36.1 Å². The summed E-state index contributed by atoms with van der Waals surface area (Å²) in [6.45, 7) is -0.00817. The molecule has 0 saturated carbocycles. The van der Waals surface area contributed by atoms with Crippen molar-refractivity contribution < 1.29 is 22.0 Å². The Kier molecular flexibility index (Phi) is 6.67. The summed E-state index contributed by atoms with van der Waals surface area (Å²) in [5, 5.41) is 4.66. The fourth-order valence-corrected chi connectivity index (χ4v) is 5.29. The number of sulfone groups is 1. The zero-order valence-corrected chi connectivity index (χ0v) is 19.7. The maximum absolute atomic E-state index is 14.0. The maximum atomic E-state index is 14.0. The van der Waals surface area contributed by atoms with Gasteiger partial charge in [0.05, 0.1) is 11.3 Å². The van der Waals surface area contributed by atoms with Crippen LogP contribution in [0.1, 0.15) is 11.1 Å². The normalized spacial score (nSPS) is 11.6. The van der Waals surface area contributed by atoms with E-state index >= 15 is 0 Å². The Morgan fingerprint density at radius 1 is 1.00 bits per heavy atom. The first-order chi connectivity index (χ1) is 16.1.